The summed E-state index contributed by atoms with van der Waals surface area (Å²) in [6.45, 7) is 2.01. The van der Waals surface area contributed by atoms with E-state index in [4.69, 9.17) is 32.7 Å². The number of benzene rings is 3. The average molecular weight is 537 g/mol. The van der Waals surface area contributed by atoms with Crippen LogP contribution in [0.25, 0.3) is 0 Å². The van der Waals surface area contributed by atoms with Gasteiger partial charge < -0.3 is 20.1 Å². The van der Waals surface area contributed by atoms with Crippen LogP contribution in [0.5, 0.6) is 11.5 Å². The number of ether oxygens (including phenoxy) is 2. The van der Waals surface area contributed by atoms with E-state index < -0.39 is 6.04 Å². The first-order valence-corrected chi connectivity index (χ1v) is 12.1. The summed E-state index contributed by atoms with van der Waals surface area (Å²) in [6.07, 6.45) is 0. The molecule has 0 saturated carbocycles. The van der Waals surface area contributed by atoms with E-state index in [0.717, 1.165) is 5.56 Å². The molecule has 1 aliphatic rings. The molecule has 1 aromatic heterocycles. The van der Waals surface area contributed by atoms with Gasteiger partial charge in [-0.2, -0.15) is 4.68 Å². The first kappa shape index (κ1) is 24.6. The normalized spacial score (nSPS) is 14.5. The van der Waals surface area contributed by atoms with E-state index in [9.17, 15) is 4.79 Å². The fraction of sp³-hybridized carbons (Fsp3) is 0.154. The topological polar surface area (TPSA) is 103 Å². The van der Waals surface area contributed by atoms with E-state index in [-0.39, 0.29) is 12.5 Å². The third-order valence-electron chi connectivity index (χ3n) is 5.93. The number of hydrogen-bond acceptors (Lipinski definition) is 7. The molecule has 37 heavy (non-hydrogen) atoms. The average Bonchev–Trinajstić information content (AvgIpc) is 3.36. The summed E-state index contributed by atoms with van der Waals surface area (Å²) >= 11 is 12.4. The summed E-state index contributed by atoms with van der Waals surface area (Å²) in [5.74, 6) is 1.17. The molecule has 1 atom stereocenters. The van der Waals surface area contributed by atoms with Crippen molar-refractivity contribution in [2.75, 3.05) is 17.7 Å². The molecular formula is C26H22Cl2N6O3. The number of nitrogens with zero attached hydrogens (tertiary/aromatic N) is 4. The number of allylic oxidation sites excluding steroid dienone is 1. The molecular weight excluding hydrogens is 515 g/mol. The van der Waals surface area contributed by atoms with Gasteiger partial charge in [0.05, 0.1) is 18.4 Å². The van der Waals surface area contributed by atoms with E-state index in [1.54, 1.807) is 43.0 Å². The first-order valence-electron chi connectivity index (χ1n) is 11.3. The van der Waals surface area contributed by atoms with Gasteiger partial charge in [-0.15, -0.1) is 0 Å². The number of para-hydroxylation sites is 3. The van der Waals surface area contributed by atoms with Gasteiger partial charge in [0.15, 0.2) is 0 Å². The van der Waals surface area contributed by atoms with Crippen molar-refractivity contribution in [3.63, 3.8) is 0 Å². The standard InChI is InChI=1S/C26H22Cl2N6O3/c1-15-23(25(35)30-20-8-4-6-10-22(20)36-2)24(34-26(29-15)31-32-33-34)18-7-3-5-9-21(18)37-14-16-11-12-17(27)13-19(16)28/h3-13,24H,14H2,1-2H3,(H,30,35)(H,29,31,33). The van der Waals surface area contributed by atoms with Crippen LogP contribution in [0.2, 0.25) is 10.0 Å². The molecule has 2 N–H and O–H groups in total. The summed E-state index contributed by atoms with van der Waals surface area (Å²) in [4.78, 5) is 13.7. The molecule has 1 amide bonds. The van der Waals surface area contributed by atoms with Crippen molar-refractivity contribution in [1.82, 2.24) is 20.2 Å². The SMILES string of the molecule is COc1ccccc1NC(=O)C1=C(C)Nc2nnnn2C1c1ccccc1OCc1ccc(Cl)cc1Cl. The lowest BCUT2D eigenvalue weighted by molar-refractivity contribution is -0.113. The number of methoxy groups -OCH3 is 1. The Bertz CT molecular complexity index is 1500. The van der Waals surface area contributed by atoms with E-state index in [0.29, 0.717) is 50.0 Å². The minimum Gasteiger partial charge on any atom is -0.495 e. The number of hydrogen-bond donors (Lipinski definition) is 2. The number of amides is 1. The molecule has 11 heteroatoms. The number of anilines is 2. The highest BCUT2D eigenvalue weighted by molar-refractivity contribution is 6.35. The number of tetrazole rings is 1. The molecule has 9 nitrogen and oxygen atoms in total. The fourth-order valence-corrected chi connectivity index (χ4v) is 4.63. The van der Waals surface area contributed by atoms with Crippen molar-refractivity contribution in [2.45, 2.75) is 19.6 Å². The lowest BCUT2D eigenvalue weighted by atomic mass is 9.94. The highest BCUT2D eigenvalue weighted by atomic mass is 35.5. The van der Waals surface area contributed by atoms with Gasteiger partial charge in [-0.1, -0.05) is 64.7 Å². The van der Waals surface area contributed by atoms with Gasteiger partial charge in [-0.25, -0.2) is 0 Å². The molecule has 0 spiro atoms. The number of rotatable bonds is 7. The Hall–Kier alpha value is -4.08. The fourth-order valence-electron chi connectivity index (χ4n) is 4.16. The zero-order valence-electron chi connectivity index (χ0n) is 19.9. The van der Waals surface area contributed by atoms with E-state index in [1.165, 1.54) is 0 Å². The molecule has 188 valence electrons. The predicted molar refractivity (Wildman–Crippen MR) is 141 cm³/mol. The minimum atomic E-state index is -0.669. The smallest absolute Gasteiger partial charge is 0.255 e. The highest BCUT2D eigenvalue weighted by Crippen LogP contribution is 2.39. The largest absolute Gasteiger partial charge is 0.495 e. The second kappa shape index (κ2) is 10.5. The van der Waals surface area contributed by atoms with Crippen LogP contribution < -0.4 is 20.1 Å². The first-order chi connectivity index (χ1) is 18.0. The van der Waals surface area contributed by atoms with E-state index in [2.05, 4.69) is 26.2 Å². The highest BCUT2D eigenvalue weighted by Gasteiger charge is 2.36. The summed E-state index contributed by atoms with van der Waals surface area (Å²) in [5.41, 5.74) is 3.04. The van der Waals surface area contributed by atoms with Gasteiger partial charge in [0.25, 0.3) is 5.91 Å². The Morgan fingerprint density at radius 2 is 1.84 bits per heavy atom. The Kier molecular flexibility index (Phi) is 6.98. The predicted octanol–water partition coefficient (Wildman–Crippen LogP) is 5.50. The van der Waals surface area contributed by atoms with Crippen LogP contribution in [-0.2, 0) is 11.4 Å². The summed E-state index contributed by atoms with van der Waals surface area (Å²) in [6, 6.07) is 19.2. The Labute approximate surface area is 223 Å². The zero-order chi connectivity index (χ0) is 25.9. The number of nitrogens with one attached hydrogen (secondary N) is 2. The van der Waals surface area contributed by atoms with Crippen LogP contribution in [0.15, 0.2) is 78.0 Å². The molecule has 1 aliphatic heterocycles. The molecule has 0 fully saturated rings. The molecule has 0 aliphatic carbocycles. The second-order valence-corrected chi connectivity index (χ2v) is 9.07. The monoisotopic (exact) mass is 536 g/mol. The van der Waals surface area contributed by atoms with Crippen LogP contribution in [0.1, 0.15) is 24.1 Å². The number of aromatic nitrogens is 4. The van der Waals surface area contributed by atoms with Crippen molar-refractivity contribution in [3.8, 4) is 11.5 Å². The van der Waals surface area contributed by atoms with Crippen molar-refractivity contribution in [1.29, 1.82) is 0 Å². The molecule has 4 aromatic rings. The van der Waals surface area contributed by atoms with Crippen molar-refractivity contribution in [2.24, 2.45) is 0 Å². The number of fused-ring (bicyclic) bond motifs is 1. The number of carbonyl (C=O) groups is 1. The molecule has 5 rings (SSSR count). The van der Waals surface area contributed by atoms with Gasteiger partial charge in [0.1, 0.15) is 24.1 Å². The number of halogens is 2. The van der Waals surface area contributed by atoms with Gasteiger partial charge in [-0.3, -0.25) is 4.79 Å². The van der Waals surface area contributed by atoms with Gasteiger partial charge in [0.2, 0.25) is 5.95 Å². The summed E-state index contributed by atoms with van der Waals surface area (Å²) in [7, 11) is 1.55. The molecule has 2 heterocycles. The molecule has 3 aromatic carbocycles. The maximum absolute atomic E-state index is 13.7. The van der Waals surface area contributed by atoms with Crippen molar-refractivity contribution < 1.29 is 14.3 Å². The molecule has 0 bridgehead atoms. The molecule has 1 unspecified atom stereocenters. The second-order valence-electron chi connectivity index (χ2n) is 8.23. The van der Waals surface area contributed by atoms with E-state index in [1.807, 2.05) is 42.5 Å². The van der Waals surface area contributed by atoms with Gasteiger partial charge >= 0.3 is 0 Å². The summed E-state index contributed by atoms with van der Waals surface area (Å²) < 4.78 is 13.2. The Morgan fingerprint density at radius 1 is 1.08 bits per heavy atom. The minimum absolute atomic E-state index is 0.200. The zero-order valence-corrected chi connectivity index (χ0v) is 21.4. The Balaban J connectivity index is 1.52. The van der Waals surface area contributed by atoms with Crippen LogP contribution >= 0.6 is 23.2 Å². The Morgan fingerprint density at radius 3 is 2.62 bits per heavy atom. The van der Waals surface area contributed by atoms with Crippen LogP contribution in [0.4, 0.5) is 11.6 Å². The maximum atomic E-state index is 13.7. The van der Waals surface area contributed by atoms with Crippen LogP contribution in [0.3, 0.4) is 0 Å². The summed E-state index contributed by atoms with van der Waals surface area (Å²) in [5, 5.41) is 19.2. The maximum Gasteiger partial charge on any atom is 0.255 e. The van der Waals surface area contributed by atoms with Gasteiger partial charge in [0, 0.05) is 26.9 Å². The van der Waals surface area contributed by atoms with E-state index >= 15 is 0 Å². The molecule has 0 saturated heterocycles. The lowest BCUT2D eigenvalue weighted by Gasteiger charge is -2.29. The third-order valence-corrected chi connectivity index (χ3v) is 6.51. The van der Waals surface area contributed by atoms with Crippen LogP contribution in [0, 0.1) is 0 Å². The third kappa shape index (κ3) is 4.96. The van der Waals surface area contributed by atoms with Crippen LogP contribution in [-0.4, -0.2) is 33.2 Å². The quantitative estimate of drug-likeness (QED) is 0.321. The lowest BCUT2D eigenvalue weighted by Crippen LogP contribution is -2.32. The van der Waals surface area contributed by atoms with Gasteiger partial charge in [-0.05, 0) is 47.7 Å². The van der Waals surface area contributed by atoms with Crippen molar-refractivity contribution >= 4 is 40.7 Å². The van der Waals surface area contributed by atoms with Crippen molar-refractivity contribution in [3.05, 3.63) is 99.2 Å². The molecule has 0 radical (unpaired) electrons. The number of carbonyl (C=O) groups excluding carboxylic acids is 1.